The fraction of sp³-hybridized carbons (Fsp3) is 0.632. The van der Waals surface area contributed by atoms with Gasteiger partial charge in [0.1, 0.15) is 0 Å². The highest BCUT2D eigenvalue weighted by Gasteiger charge is 2.35. The third-order valence-electron chi connectivity index (χ3n) is 4.92. The molecule has 0 amide bonds. The normalized spacial score (nSPS) is 17.9. The second kappa shape index (κ2) is 11.2. The summed E-state index contributed by atoms with van der Waals surface area (Å²) in [6, 6.07) is 6.29. The molecule has 1 fully saturated rings. The number of thioether (sulfide) groups is 1. The van der Waals surface area contributed by atoms with Crippen LogP contribution in [0, 0.1) is 0 Å². The number of nitrogens with one attached hydrogen (secondary N) is 2. The first kappa shape index (κ1) is 22.4. The highest BCUT2D eigenvalue weighted by molar-refractivity contribution is 14.0. The van der Waals surface area contributed by atoms with E-state index < -0.39 is 0 Å². The lowest BCUT2D eigenvalue weighted by atomic mass is 9.74. The van der Waals surface area contributed by atoms with Gasteiger partial charge in [0.2, 0.25) is 6.79 Å². The summed E-state index contributed by atoms with van der Waals surface area (Å²) >= 11 is 1.83. The molecule has 0 atom stereocenters. The van der Waals surface area contributed by atoms with Gasteiger partial charge in [0.05, 0.1) is 6.54 Å². The number of fused-ring (bicyclic) bond motifs is 1. The van der Waals surface area contributed by atoms with E-state index in [1.54, 1.807) is 0 Å². The number of hydrogen-bond donors (Lipinski definition) is 2. The summed E-state index contributed by atoms with van der Waals surface area (Å²) in [6.07, 6.45) is 4.03. The zero-order valence-corrected chi connectivity index (χ0v) is 19.2. The maximum atomic E-state index is 5.63. The minimum Gasteiger partial charge on any atom is -0.454 e. The summed E-state index contributed by atoms with van der Waals surface area (Å²) in [7, 11) is 0. The monoisotopic (exact) mass is 507 g/mol. The van der Waals surface area contributed by atoms with E-state index in [-0.39, 0.29) is 29.4 Å². The van der Waals surface area contributed by atoms with Crippen molar-refractivity contribution in [3.63, 3.8) is 0 Å². The molecule has 152 valence electrons. The van der Waals surface area contributed by atoms with Crippen LogP contribution in [0.15, 0.2) is 23.2 Å². The number of benzene rings is 1. The Morgan fingerprint density at radius 2 is 1.96 bits per heavy atom. The Balaban J connectivity index is 0.00000261. The third-order valence-corrected chi connectivity index (χ3v) is 5.53. The predicted octanol–water partition coefficient (Wildman–Crippen LogP) is 3.00. The van der Waals surface area contributed by atoms with Gasteiger partial charge in [-0.3, -0.25) is 4.99 Å². The van der Waals surface area contributed by atoms with Gasteiger partial charge in [0.25, 0.3) is 0 Å². The Morgan fingerprint density at radius 3 is 2.70 bits per heavy atom. The highest BCUT2D eigenvalue weighted by Crippen LogP contribution is 2.41. The predicted molar refractivity (Wildman–Crippen MR) is 122 cm³/mol. The van der Waals surface area contributed by atoms with Crippen LogP contribution in [0.2, 0.25) is 0 Å². The second-order valence-electron chi connectivity index (χ2n) is 6.58. The van der Waals surface area contributed by atoms with Gasteiger partial charge >= 0.3 is 0 Å². The van der Waals surface area contributed by atoms with Gasteiger partial charge in [-0.25, -0.2) is 0 Å². The number of guanidine groups is 1. The molecular formula is C19H30IN3O3S. The molecule has 0 aromatic heterocycles. The Hall–Kier alpha value is -0.870. The summed E-state index contributed by atoms with van der Waals surface area (Å²) in [5.41, 5.74) is 1.23. The molecule has 8 heteroatoms. The molecule has 1 saturated heterocycles. The van der Waals surface area contributed by atoms with E-state index in [9.17, 15) is 0 Å². The molecule has 27 heavy (non-hydrogen) atoms. The molecule has 0 radical (unpaired) electrons. The molecule has 0 unspecified atom stereocenters. The van der Waals surface area contributed by atoms with Gasteiger partial charge in [-0.2, -0.15) is 11.8 Å². The van der Waals surface area contributed by atoms with Gasteiger partial charge in [0.15, 0.2) is 17.5 Å². The lowest BCUT2D eigenvalue weighted by Crippen LogP contribution is -2.41. The average Bonchev–Trinajstić information content (AvgIpc) is 3.15. The average molecular weight is 507 g/mol. The molecule has 2 heterocycles. The van der Waals surface area contributed by atoms with E-state index in [2.05, 4.69) is 35.9 Å². The van der Waals surface area contributed by atoms with Crippen molar-refractivity contribution in [3.05, 3.63) is 23.8 Å². The van der Waals surface area contributed by atoms with E-state index in [4.69, 9.17) is 19.2 Å². The summed E-state index contributed by atoms with van der Waals surface area (Å²) in [6.45, 7) is 6.41. The fourth-order valence-electron chi connectivity index (χ4n) is 3.37. The SMILES string of the molecule is CCNC(=NCC1(c2ccc3c(c2)OCO3)CCOCC1)NCCSC.I. The Bertz CT molecular complexity index is 624. The highest BCUT2D eigenvalue weighted by atomic mass is 127. The van der Waals surface area contributed by atoms with Gasteiger partial charge in [-0.15, -0.1) is 24.0 Å². The lowest BCUT2D eigenvalue weighted by Gasteiger charge is -2.36. The van der Waals surface area contributed by atoms with E-state index in [1.807, 2.05) is 17.8 Å². The van der Waals surface area contributed by atoms with Crippen LogP contribution in [-0.2, 0) is 10.2 Å². The minimum atomic E-state index is -0.0267. The van der Waals surface area contributed by atoms with Crippen molar-refractivity contribution in [2.45, 2.75) is 25.2 Å². The number of hydrogen-bond acceptors (Lipinski definition) is 5. The molecule has 0 aliphatic carbocycles. The quantitative estimate of drug-likeness (QED) is 0.256. The zero-order chi connectivity index (χ0) is 18.2. The van der Waals surface area contributed by atoms with Crippen molar-refractivity contribution in [3.8, 4) is 11.5 Å². The summed E-state index contributed by atoms with van der Waals surface area (Å²) < 4.78 is 16.7. The van der Waals surface area contributed by atoms with Gasteiger partial charge in [-0.1, -0.05) is 6.07 Å². The van der Waals surface area contributed by atoms with Crippen molar-refractivity contribution < 1.29 is 14.2 Å². The first-order chi connectivity index (χ1) is 12.8. The van der Waals surface area contributed by atoms with Crippen LogP contribution in [0.25, 0.3) is 0 Å². The Labute approximate surface area is 183 Å². The number of rotatable bonds is 7. The molecule has 1 aromatic rings. The maximum absolute atomic E-state index is 5.63. The van der Waals surface area contributed by atoms with Crippen molar-refractivity contribution >= 4 is 41.7 Å². The van der Waals surface area contributed by atoms with Gasteiger partial charge in [0, 0.05) is 37.5 Å². The van der Waals surface area contributed by atoms with Crippen LogP contribution < -0.4 is 20.1 Å². The number of aliphatic imine (C=N–C) groups is 1. The van der Waals surface area contributed by atoms with Crippen LogP contribution in [0.5, 0.6) is 11.5 Å². The molecule has 0 saturated carbocycles. The van der Waals surface area contributed by atoms with Gasteiger partial charge < -0.3 is 24.8 Å². The summed E-state index contributed by atoms with van der Waals surface area (Å²) in [5.74, 6) is 3.60. The third kappa shape index (κ3) is 5.80. The van der Waals surface area contributed by atoms with Crippen LogP contribution in [-0.4, -0.2) is 57.6 Å². The molecule has 2 N–H and O–H groups in total. The van der Waals surface area contributed by atoms with Crippen molar-refractivity contribution in [1.29, 1.82) is 0 Å². The van der Waals surface area contributed by atoms with Crippen molar-refractivity contribution in [2.75, 3.05) is 51.6 Å². The lowest BCUT2D eigenvalue weighted by molar-refractivity contribution is 0.0530. The van der Waals surface area contributed by atoms with Gasteiger partial charge in [-0.05, 0) is 43.7 Å². The van der Waals surface area contributed by atoms with Crippen molar-refractivity contribution in [2.24, 2.45) is 4.99 Å². The molecule has 0 spiro atoms. The minimum absolute atomic E-state index is 0. The molecule has 1 aromatic carbocycles. The largest absolute Gasteiger partial charge is 0.454 e. The first-order valence-corrected chi connectivity index (χ1v) is 10.7. The second-order valence-corrected chi connectivity index (χ2v) is 7.56. The molecule has 3 rings (SSSR count). The number of nitrogens with zero attached hydrogens (tertiary/aromatic N) is 1. The molecule has 6 nitrogen and oxygen atoms in total. The molecular weight excluding hydrogens is 477 g/mol. The van der Waals surface area contributed by atoms with Crippen LogP contribution >= 0.6 is 35.7 Å². The van der Waals surface area contributed by atoms with E-state index >= 15 is 0 Å². The first-order valence-electron chi connectivity index (χ1n) is 9.26. The van der Waals surface area contributed by atoms with Crippen molar-refractivity contribution in [1.82, 2.24) is 10.6 Å². The molecule has 2 aliphatic rings. The Morgan fingerprint density at radius 1 is 1.19 bits per heavy atom. The molecule has 2 aliphatic heterocycles. The molecule has 0 bridgehead atoms. The topological polar surface area (TPSA) is 64.1 Å². The summed E-state index contributed by atoms with van der Waals surface area (Å²) in [5, 5.41) is 6.76. The fourth-order valence-corrected chi connectivity index (χ4v) is 3.68. The van der Waals surface area contributed by atoms with E-state index in [1.165, 1.54) is 5.56 Å². The van der Waals surface area contributed by atoms with Crippen LogP contribution in [0.3, 0.4) is 0 Å². The maximum Gasteiger partial charge on any atom is 0.231 e. The standard InChI is InChI=1S/C19H29N3O3S.HI/c1-3-20-18(21-8-11-26-2)22-13-19(6-9-23-10-7-19)15-4-5-16-17(12-15)25-14-24-16;/h4-5,12H,3,6-11,13-14H2,1-2H3,(H2,20,21,22);1H. The van der Waals surface area contributed by atoms with E-state index in [0.717, 1.165) is 68.9 Å². The van der Waals surface area contributed by atoms with Crippen LogP contribution in [0.4, 0.5) is 0 Å². The number of halogens is 1. The van der Waals surface area contributed by atoms with E-state index in [0.29, 0.717) is 6.79 Å². The summed E-state index contributed by atoms with van der Waals surface area (Å²) in [4.78, 5) is 4.91. The Kier molecular flexibility index (Phi) is 9.31. The zero-order valence-electron chi connectivity index (χ0n) is 16.1. The smallest absolute Gasteiger partial charge is 0.231 e. The van der Waals surface area contributed by atoms with Crippen LogP contribution in [0.1, 0.15) is 25.3 Å². The number of ether oxygens (including phenoxy) is 3.